The maximum absolute atomic E-state index is 13.9. The Hall–Kier alpha value is -3.77. The molecule has 1 N–H and O–H groups in total. The number of carbonyl (C=O) groups is 2. The minimum Gasteiger partial charge on any atom is -0.304 e. The number of carbonyl (C=O) groups excluding carboxylic acids is 2. The van der Waals surface area contributed by atoms with Crippen molar-refractivity contribution < 1.29 is 14.0 Å². The molecule has 0 spiro atoms. The molecule has 32 heavy (non-hydrogen) atoms. The summed E-state index contributed by atoms with van der Waals surface area (Å²) in [6.45, 7) is 2.09. The van der Waals surface area contributed by atoms with Crippen molar-refractivity contribution in [1.29, 1.82) is 0 Å². The Morgan fingerprint density at radius 1 is 0.969 bits per heavy atom. The van der Waals surface area contributed by atoms with E-state index in [9.17, 15) is 14.0 Å². The zero-order chi connectivity index (χ0) is 22.7. The highest BCUT2D eigenvalue weighted by molar-refractivity contribution is 6.33. The van der Waals surface area contributed by atoms with Crippen molar-refractivity contribution in [1.82, 2.24) is 9.78 Å². The summed E-state index contributed by atoms with van der Waals surface area (Å²) in [5.41, 5.74) is 2.45. The minimum atomic E-state index is -0.515. The summed E-state index contributed by atoms with van der Waals surface area (Å²) in [7, 11) is 0. The summed E-state index contributed by atoms with van der Waals surface area (Å²) in [5.74, 6) is -0.995. The summed E-state index contributed by atoms with van der Waals surface area (Å²) >= 11 is 6.24. The van der Waals surface area contributed by atoms with Crippen LogP contribution >= 0.6 is 11.6 Å². The second-order valence-corrected chi connectivity index (χ2v) is 7.72. The Morgan fingerprint density at radius 3 is 2.34 bits per heavy atom. The smallest absolute Gasteiger partial charge is 0.257 e. The van der Waals surface area contributed by atoms with E-state index in [1.165, 1.54) is 16.9 Å². The summed E-state index contributed by atoms with van der Waals surface area (Å²) in [4.78, 5) is 25.9. The topological polar surface area (TPSA) is 64.0 Å². The lowest BCUT2D eigenvalue weighted by Gasteiger charge is -2.09. The number of anilines is 1. The number of aromatic nitrogens is 2. The van der Waals surface area contributed by atoms with E-state index in [4.69, 9.17) is 11.6 Å². The maximum Gasteiger partial charge on any atom is 0.257 e. The highest BCUT2D eigenvalue weighted by Crippen LogP contribution is 2.23. The predicted octanol–water partition coefficient (Wildman–Crippen LogP) is 5.52. The molecule has 4 aromatic rings. The van der Waals surface area contributed by atoms with Crippen molar-refractivity contribution >= 4 is 29.1 Å². The van der Waals surface area contributed by atoms with Crippen LogP contribution < -0.4 is 5.32 Å². The van der Waals surface area contributed by atoms with Crippen molar-refractivity contribution in [2.24, 2.45) is 0 Å². The number of hydrogen-bond donors (Lipinski definition) is 1. The molecule has 0 aliphatic rings. The lowest BCUT2D eigenvalue weighted by Crippen LogP contribution is -2.17. The number of ketones is 1. The van der Waals surface area contributed by atoms with Gasteiger partial charge in [-0.15, -0.1) is 0 Å². The Balaban J connectivity index is 1.56. The van der Waals surface area contributed by atoms with Gasteiger partial charge in [-0.25, -0.2) is 4.39 Å². The fourth-order valence-electron chi connectivity index (χ4n) is 3.28. The number of nitrogens with one attached hydrogen (secondary N) is 1. The Morgan fingerprint density at radius 2 is 1.62 bits per heavy atom. The van der Waals surface area contributed by atoms with Crippen molar-refractivity contribution in [3.63, 3.8) is 0 Å². The van der Waals surface area contributed by atoms with Gasteiger partial charge in [-0.05, 0) is 19.1 Å². The number of nitrogens with zero attached hydrogens (tertiary/aromatic N) is 2. The van der Waals surface area contributed by atoms with Gasteiger partial charge in [0, 0.05) is 22.9 Å². The van der Waals surface area contributed by atoms with Gasteiger partial charge in [0.25, 0.3) is 5.91 Å². The quantitative estimate of drug-likeness (QED) is 0.396. The van der Waals surface area contributed by atoms with Crippen molar-refractivity contribution in [3.8, 4) is 0 Å². The van der Waals surface area contributed by atoms with E-state index in [0.717, 1.165) is 5.56 Å². The molecule has 0 aliphatic heterocycles. The molecular weight excluding hydrogens is 429 g/mol. The van der Waals surface area contributed by atoms with E-state index in [1.54, 1.807) is 54.6 Å². The first kappa shape index (κ1) is 21.5. The number of benzene rings is 3. The normalized spacial score (nSPS) is 10.7. The molecule has 0 radical (unpaired) electrons. The number of aryl methyl sites for hydroxylation is 1. The predicted molar refractivity (Wildman–Crippen MR) is 122 cm³/mol. The molecule has 0 unspecified atom stereocenters. The average molecular weight is 448 g/mol. The van der Waals surface area contributed by atoms with Crippen LogP contribution in [0.1, 0.15) is 37.4 Å². The van der Waals surface area contributed by atoms with E-state index >= 15 is 0 Å². The lowest BCUT2D eigenvalue weighted by molar-refractivity contribution is 0.0996. The van der Waals surface area contributed by atoms with Crippen LogP contribution in [0, 0.1) is 12.7 Å². The van der Waals surface area contributed by atoms with Crippen LogP contribution in [0.4, 0.5) is 10.2 Å². The Bertz CT molecular complexity index is 1300. The minimum absolute atomic E-state index is 0.130. The van der Waals surface area contributed by atoms with Gasteiger partial charge in [0.15, 0.2) is 11.6 Å². The molecule has 5 nitrogen and oxygen atoms in total. The number of hydrogen-bond acceptors (Lipinski definition) is 3. The molecule has 0 atom stereocenters. The molecular formula is C25H19ClFN3O2. The first-order valence-corrected chi connectivity index (χ1v) is 10.3. The molecule has 0 aliphatic carbocycles. The first-order chi connectivity index (χ1) is 15.4. The third kappa shape index (κ3) is 4.60. The summed E-state index contributed by atoms with van der Waals surface area (Å²) in [6.07, 6.45) is 1.51. The molecule has 1 heterocycles. The van der Waals surface area contributed by atoms with E-state index in [-0.39, 0.29) is 40.1 Å². The molecule has 0 saturated heterocycles. The Labute approximate surface area is 189 Å². The van der Waals surface area contributed by atoms with Crippen LogP contribution in [0.3, 0.4) is 0 Å². The standard InChI is InChI=1S/C25H19ClFN3O2/c1-16-10-12-17(13-11-16)23(31)19-7-3-4-8-20(19)25(32)28-24-21(26)15-30(29-24)14-18-6-2-5-9-22(18)27/h2-13,15H,14H2,1H3,(H,28,29,32). The van der Waals surface area contributed by atoms with Gasteiger partial charge in [-0.1, -0.05) is 77.8 Å². The van der Waals surface area contributed by atoms with Crippen molar-refractivity contribution in [2.45, 2.75) is 13.5 Å². The van der Waals surface area contributed by atoms with E-state index in [1.807, 2.05) is 19.1 Å². The highest BCUT2D eigenvalue weighted by atomic mass is 35.5. The second kappa shape index (κ2) is 9.16. The number of rotatable bonds is 6. The average Bonchev–Trinajstić information content (AvgIpc) is 3.14. The van der Waals surface area contributed by atoms with Gasteiger partial charge in [-0.3, -0.25) is 14.3 Å². The van der Waals surface area contributed by atoms with Gasteiger partial charge in [-0.2, -0.15) is 5.10 Å². The molecule has 0 fully saturated rings. The van der Waals surface area contributed by atoms with E-state index in [2.05, 4.69) is 10.4 Å². The third-order valence-electron chi connectivity index (χ3n) is 4.97. The van der Waals surface area contributed by atoms with E-state index < -0.39 is 5.91 Å². The first-order valence-electron chi connectivity index (χ1n) is 9.90. The van der Waals surface area contributed by atoms with Gasteiger partial charge in [0.2, 0.25) is 0 Å². The van der Waals surface area contributed by atoms with Crippen LogP contribution in [0.5, 0.6) is 0 Å². The van der Waals surface area contributed by atoms with Crippen LogP contribution in [-0.2, 0) is 6.54 Å². The van der Waals surface area contributed by atoms with Crippen LogP contribution in [0.2, 0.25) is 5.02 Å². The summed E-state index contributed by atoms with van der Waals surface area (Å²) in [5, 5.41) is 7.12. The largest absolute Gasteiger partial charge is 0.304 e. The lowest BCUT2D eigenvalue weighted by atomic mass is 9.97. The maximum atomic E-state index is 13.9. The number of amides is 1. The number of halogens is 2. The zero-order valence-electron chi connectivity index (χ0n) is 17.2. The van der Waals surface area contributed by atoms with Crippen LogP contribution in [-0.4, -0.2) is 21.5 Å². The van der Waals surface area contributed by atoms with Gasteiger partial charge in [0.1, 0.15) is 10.8 Å². The Kier molecular flexibility index (Phi) is 6.14. The summed E-state index contributed by atoms with van der Waals surface area (Å²) < 4.78 is 15.4. The third-order valence-corrected chi connectivity index (χ3v) is 5.25. The molecule has 0 saturated carbocycles. The van der Waals surface area contributed by atoms with Crippen molar-refractivity contribution in [2.75, 3.05) is 5.32 Å². The van der Waals surface area contributed by atoms with E-state index in [0.29, 0.717) is 11.1 Å². The molecule has 3 aromatic carbocycles. The van der Waals surface area contributed by atoms with Crippen LogP contribution in [0.15, 0.2) is 79.0 Å². The van der Waals surface area contributed by atoms with Gasteiger partial charge in [0.05, 0.1) is 12.1 Å². The molecule has 160 valence electrons. The fourth-order valence-corrected chi connectivity index (χ4v) is 3.48. The SMILES string of the molecule is Cc1ccc(C(=O)c2ccccc2C(=O)Nc2nn(Cc3ccccc3F)cc2Cl)cc1. The molecule has 4 rings (SSSR count). The highest BCUT2D eigenvalue weighted by Gasteiger charge is 2.20. The second-order valence-electron chi connectivity index (χ2n) is 7.31. The van der Waals surface area contributed by atoms with Crippen molar-refractivity contribution in [3.05, 3.63) is 118 Å². The van der Waals surface area contributed by atoms with Gasteiger partial charge >= 0.3 is 0 Å². The summed E-state index contributed by atoms with van der Waals surface area (Å²) in [6, 6.07) is 20.1. The van der Waals surface area contributed by atoms with Crippen LogP contribution in [0.25, 0.3) is 0 Å². The van der Waals surface area contributed by atoms with Gasteiger partial charge < -0.3 is 5.32 Å². The molecule has 0 bridgehead atoms. The molecule has 1 amide bonds. The monoisotopic (exact) mass is 447 g/mol. The molecule has 1 aromatic heterocycles. The molecule has 7 heteroatoms. The zero-order valence-corrected chi connectivity index (χ0v) is 17.9. The fraction of sp³-hybridized carbons (Fsp3) is 0.0800.